The summed E-state index contributed by atoms with van der Waals surface area (Å²) in [5.74, 6) is -2.24. The van der Waals surface area contributed by atoms with Gasteiger partial charge in [-0.3, -0.25) is 37.3 Å². The van der Waals surface area contributed by atoms with Crippen LogP contribution in [0.2, 0.25) is 0 Å². The van der Waals surface area contributed by atoms with E-state index in [4.69, 9.17) is 37.0 Å². The summed E-state index contributed by atoms with van der Waals surface area (Å²) in [6.07, 6.45) is 80.2. The van der Waals surface area contributed by atoms with Gasteiger partial charge in [0.05, 0.1) is 26.4 Å². The summed E-state index contributed by atoms with van der Waals surface area (Å²) < 4.78 is 68.4. The van der Waals surface area contributed by atoms with E-state index in [1.54, 1.807) is 0 Å². The van der Waals surface area contributed by atoms with Gasteiger partial charge in [0.1, 0.15) is 19.3 Å². The Morgan fingerprint density at radius 3 is 0.850 bits per heavy atom. The highest BCUT2D eigenvalue weighted by atomic mass is 31.2. The minimum Gasteiger partial charge on any atom is -0.462 e. The lowest BCUT2D eigenvalue weighted by molar-refractivity contribution is -0.161. The molecular weight excluding hydrogens is 1310 g/mol. The molecule has 5 unspecified atom stereocenters. The highest BCUT2D eigenvalue weighted by Gasteiger charge is 2.30. The van der Waals surface area contributed by atoms with Crippen molar-refractivity contribution >= 4 is 39.5 Å². The molecule has 100 heavy (non-hydrogen) atoms. The Morgan fingerprint density at radius 1 is 0.290 bits per heavy atom. The molecule has 0 aromatic rings. The van der Waals surface area contributed by atoms with Crippen molar-refractivity contribution in [1.82, 2.24) is 0 Å². The number of phosphoric ester groups is 2. The van der Waals surface area contributed by atoms with Gasteiger partial charge in [0.25, 0.3) is 0 Å². The first-order valence-corrected chi connectivity index (χ1v) is 41.4. The molecule has 0 saturated heterocycles. The molecule has 0 aliphatic carbocycles. The van der Waals surface area contributed by atoms with Gasteiger partial charge in [-0.15, -0.1) is 0 Å². The van der Waals surface area contributed by atoms with Crippen LogP contribution >= 0.6 is 15.6 Å². The summed E-state index contributed by atoms with van der Waals surface area (Å²) in [7, 11) is -9.97. The molecule has 0 aromatic carbocycles. The zero-order valence-corrected chi connectivity index (χ0v) is 64.1. The van der Waals surface area contributed by atoms with E-state index in [1.807, 2.05) is 0 Å². The Bertz CT molecular complexity index is 2420. The van der Waals surface area contributed by atoms with E-state index in [1.165, 1.54) is 12.8 Å². The lowest BCUT2D eigenvalue weighted by Crippen LogP contribution is -2.30. The number of carbonyl (C=O) groups excluding carboxylic acids is 4. The standard InChI is InChI=1S/C81H136O17P2/c1-5-9-13-17-21-25-29-32-34-36-37-39-41-44-47-50-54-58-62-66-78(83)91-71-76(97-80(85)67-63-59-55-51-45-28-24-20-16-12-8-4)73-95-99(87,88)93-69-75(82)70-94-100(89,90)96-74-77(98-81(86)68-64-60-56-52-48-42-31-27-23-19-15-11-7-3)72-92-79(84)65-61-57-53-49-46-43-40-38-35-33-30-26-22-18-14-10-6-2/h9-10,13-15,19-22,24-27,31-35,37,39-40,43,75-77,82H,5-8,11-12,16-18,23,28-30,36,38,41-42,44-74H2,1-4H3,(H,87,88)(H,89,90)/b13-9-,14-10-,19-15-,24-20-,25-21-,26-22-,31-27-,34-32-,35-33-,39-37-,43-40-. The maximum atomic E-state index is 13.1. The van der Waals surface area contributed by atoms with Crippen molar-refractivity contribution in [2.24, 2.45) is 0 Å². The number of aliphatic hydroxyl groups is 1. The van der Waals surface area contributed by atoms with Gasteiger partial charge in [0.15, 0.2) is 12.2 Å². The molecule has 0 radical (unpaired) electrons. The molecule has 0 saturated carbocycles. The largest absolute Gasteiger partial charge is 0.472 e. The molecule has 19 heteroatoms. The Hall–Kier alpha value is -4.80. The first kappa shape index (κ1) is 95.2. The third kappa shape index (κ3) is 71.6. The lowest BCUT2D eigenvalue weighted by atomic mass is 10.1. The predicted octanol–water partition coefficient (Wildman–Crippen LogP) is 22.1. The Kier molecular flexibility index (Phi) is 69.1. The van der Waals surface area contributed by atoms with Crippen LogP contribution in [0, 0.1) is 0 Å². The van der Waals surface area contributed by atoms with Crippen molar-refractivity contribution in [3.63, 3.8) is 0 Å². The van der Waals surface area contributed by atoms with Crippen molar-refractivity contribution in [1.29, 1.82) is 0 Å². The maximum Gasteiger partial charge on any atom is 0.472 e. The van der Waals surface area contributed by atoms with Crippen LogP contribution < -0.4 is 0 Å². The minimum absolute atomic E-state index is 0.0699. The van der Waals surface area contributed by atoms with Crippen LogP contribution in [0.25, 0.3) is 0 Å². The molecule has 5 atom stereocenters. The summed E-state index contributed by atoms with van der Waals surface area (Å²) >= 11 is 0. The van der Waals surface area contributed by atoms with Crippen LogP contribution in [0.15, 0.2) is 134 Å². The molecule has 0 rings (SSSR count). The Balaban J connectivity index is 5.34. The van der Waals surface area contributed by atoms with Crippen molar-refractivity contribution in [3.8, 4) is 0 Å². The van der Waals surface area contributed by atoms with Gasteiger partial charge in [-0.05, 0) is 148 Å². The second kappa shape index (κ2) is 72.5. The quantitative estimate of drug-likeness (QED) is 0.0169. The summed E-state index contributed by atoms with van der Waals surface area (Å²) in [5.41, 5.74) is 0. The number of allylic oxidation sites excluding steroid dienone is 22. The van der Waals surface area contributed by atoms with Gasteiger partial charge in [-0.1, -0.05) is 258 Å². The van der Waals surface area contributed by atoms with Gasteiger partial charge in [0.2, 0.25) is 0 Å². The van der Waals surface area contributed by atoms with Gasteiger partial charge in [0, 0.05) is 25.7 Å². The van der Waals surface area contributed by atoms with Crippen molar-refractivity contribution in [3.05, 3.63) is 134 Å². The van der Waals surface area contributed by atoms with Crippen LogP contribution in [-0.4, -0.2) is 96.7 Å². The lowest BCUT2D eigenvalue weighted by Gasteiger charge is -2.21. The number of rotatable bonds is 71. The number of aliphatic hydroxyl groups excluding tert-OH is 1. The Labute approximate surface area is 605 Å². The van der Waals surface area contributed by atoms with E-state index in [2.05, 4.69) is 161 Å². The normalized spacial score (nSPS) is 14.7. The summed E-state index contributed by atoms with van der Waals surface area (Å²) in [6.45, 7) is 4.47. The SMILES string of the molecule is CC/C=C\C/C=C\C/C=C\C/C=C\CCCCCCCCC(=O)OCC(COP(=O)(O)OCC(O)COP(=O)(O)OCC(COC(=O)CCCCCC/C=C\C/C=C\C/C=C\C/C=C\CC)OC(=O)CCCCCCC/C=C\C/C=C\CCC)OC(=O)CCCCCCC/C=C\CCCC. The molecular formula is C81H136O17P2. The van der Waals surface area contributed by atoms with Crippen LogP contribution in [0.1, 0.15) is 297 Å². The third-order valence-corrected chi connectivity index (χ3v) is 17.5. The Morgan fingerprint density at radius 2 is 0.540 bits per heavy atom. The molecule has 17 nitrogen and oxygen atoms in total. The molecule has 0 aromatic heterocycles. The molecule has 0 heterocycles. The second-order valence-corrected chi connectivity index (χ2v) is 28.1. The molecule has 0 spiro atoms. The molecule has 0 aliphatic heterocycles. The van der Waals surface area contributed by atoms with E-state index in [0.717, 1.165) is 205 Å². The van der Waals surface area contributed by atoms with Crippen molar-refractivity contribution < 1.29 is 80.2 Å². The van der Waals surface area contributed by atoms with Crippen LogP contribution in [0.3, 0.4) is 0 Å². The monoisotopic (exact) mass is 1440 g/mol. The number of ether oxygens (including phenoxy) is 4. The highest BCUT2D eigenvalue weighted by molar-refractivity contribution is 7.47. The van der Waals surface area contributed by atoms with Gasteiger partial charge in [-0.25, -0.2) is 9.13 Å². The molecule has 0 fully saturated rings. The van der Waals surface area contributed by atoms with Gasteiger partial charge in [-0.2, -0.15) is 0 Å². The second-order valence-electron chi connectivity index (χ2n) is 25.2. The number of esters is 4. The zero-order valence-electron chi connectivity index (χ0n) is 62.3. The number of carbonyl (C=O) groups is 4. The van der Waals surface area contributed by atoms with E-state index in [0.29, 0.717) is 25.7 Å². The predicted molar refractivity (Wildman–Crippen MR) is 408 cm³/mol. The topological polar surface area (TPSA) is 237 Å². The summed E-state index contributed by atoms with van der Waals surface area (Å²) in [5, 5.41) is 10.6. The summed E-state index contributed by atoms with van der Waals surface area (Å²) in [4.78, 5) is 72.8. The average Bonchev–Trinajstić information content (AvgIpc) is 1.02. The zero-order chi connectivity index (χ0) is 73.2. The molecule has 0 bridgehead atoms. The number of phosphoric acid groups is 2. The van der Waals surface area contributed by atoms with E-state index >= 15 is 0 Å². The fourth-order valence-corrected chi connectivity index (χ4v) is 11.3. The summed E-state index contributed by atoms with van der Waals surface area (Å²) in [6, 6.07) is 0. The van der Waals surface area contributed by atoms with Crippen LogP contribution in [0.5, 0.6) is 0 Å². The van der Waals surface area contributed by atoms with E-state index < -0.39 is 97.5 Å². The number of unbranched alkanes of at least 4 members (excludes halogenated alkanes) is 23. The molecule has 0 aliphatic rings. The van der Waals surface area contributed by atoms with Crippen molar-refractivity contribution in [2.45, 2.75) is 316 Å². The molecule has 3 N–H and O–H groups in total. The van der Waals surface area contributed by atoms with Crippen LogP contribution in [-0.2, 0) is 65.4 Å². The maximum absolute atomic E-state index is 13.1. The van der Waals surface area contributed by atoms with Gasteiger partial charge >= 0.3 is 39.5 Å². The fourth-order valence-electron chi connectivity index (χ4n) is 9.75. The molecule has 572 valence electrons. The molecule has 0 amide bonds. The average molecular weight is 1440 g/mol. The highest BCUT2D eigenvalue weighted by Crippen LogP contribution is 2.45. The van der Waals surface area contributed by atoms with Gasteiger partial charge < -0.3 is 33.8 Å². The first-order valence-electron chi connectivity index (χ1n) is 38.4. The van der Waals surface area contributed by atoms with E-state index in [9.17, 15) is 43.2 Å². The first-order chi connectivity index (χ1) is 48.7. The smallest absolute Gasteiger partial charge is 0.462 e. The minimum atomic E-state index is -4.99. The number of hydrogen-bond donors (Lipinski definition) is 3. The third-order valence-electron chi connectivity index (χ3n) is 15.6. The van der Waals surface area contributed by atoms with E-state index in [-0.39, 0.29) is 25.7 Å². The number of hydrogen-bond acceptors (Lipinski definition) is 15. The van der Waals surface area contributed by atoms with Crippen molar-refractivity contribution in [2.75, 3.05) is 39.6 Å². The fraction of sp³-hybridized carbons (Fsp3) is 0.679. The van der Waals surface area contributed by atoms with Crippen LogP contribution in [0.4, 0.5) is 0 Å².